The Kier molecular flexibility index (Phi) is 5.62. The summed E-state index contributed by atoms with van der Waals surface area (Å²) >= 11 is 0. The molecule has 0 radical (unpaired) electrons. The van der Waals surface area contributed by atoms with E-state index in [2.05, 4.69) is 4.90 Å². The van der Waals surface area contributed by atoms with Gasteiger partial charge in [0.1, 0.15) is 5.78 Å². The average molecular weight is 241 g/mol. The Morgan fingerprint density at radius 1 is 1.29 bits per heavy atom. The molecule has 17 heavy (non-hydrogen) atoms. The molecular formula is C13H23NO3. The SMILES string of the molecule is CC(=O)CN(CC(C)C(=O)O)C1CCCCC1. The Morgan fingerprint density at radius 2 is 1.88 bits per heavy atom. The maximum Gasteiger partial charge on any atom is 0.307 e. The molecule has 0 saturated heterocycles. The van der Waals surface area contributed by atoms with Gasteiger partial charge in [-0.2, -0.15) is 0 Å². The van der Waals surface area contributed by atoms with E-state index in [1.54, 1.807) is 13.8 Å². The zero-order valence-electron chi connectivity index (χ0n) is 10.8. The maximum absolute atomic E-state index is 11.3. The third-order valence-corrected chi connectivity index (χ3v) is 3.45. The van der Waals surface area contributed by atoms with E-state index in [4.69, 9.17) is 5.11 Å². The minimum atomic E-state index is -0.783. The first-order valence-corrected chi connectivity index (χ1v) is 6.47. The monoisotopic (exact) mass is 241 g/mol. The number of ketones is 1. The topological polar surface area (TPSA) is 57.6 Å². The number of carbonyl (C=O) groups excluding carboxylic acids is 1. The van der Waals surface area contributed by atoms with Crippen LogP contribution in [0.4, 0.5) is 0 Å². The standard InChI is InChI=1S/C13H23NO3/c1-10(13(16)17)8-14(9-11(2)15)12-6-4-3-5-7-12/h10,12H,3-9H2,1-2H3,(H,16,17). The van der Waals surface area contributed by atoms with Crippen LogP contribution in [0.25, 0.3) is 0 Å². The van der Waals surface area contributed by atoms with Crippen molar-refractivity contribution in [1.29, 1.82) is 0 Å². The highest BCUT2D eigenvalue weighted by atomic mass is 16.4. The van der Waals surface area contributed by atoms with Crippen LogP contribution in [-0.4, -0.2) is 40.9 Å². The third-order valence-electron chi connectivity index (χ3n) is 3.45. The maximum atomic E-state index is 11.3. The van der Waals surface area contributed by atoms with Crippen LogP contribution >= 0.6 is 0 Å². The van der Waals surface area contributed by atoms with Gasteiger partial charge in [0.15, 0.2) is 0 Å². The summed E-state index contributed by atoms with van der Waals surface area (Å²) in [6.07, 6.45) is 5.85. The number of rotatable bonds is 6. The molecule has 0 aromatic heterocycles. The van der Waals surface area contributed by atoms with Gasteiger partial charge < -0.3 is 5.11 Å². The highest BCUT2D eigenvalue weighted by Crippen LogP contribution is 2.23. The van der Waals surface area contributed by atoms with Gasteiger partial charge >= 0.3 is 5.97 Å². The molecule has 1 fully saturated rings. The van der Waals surface area contributed by atoms with Crippen molar-refractivity contribution < 1.29 is 14.7 Å². The van der Waals surface area contributed by atoms with Gasteiger partial charge in [-0.25, -0.2) is 0 Å². The molecule has 1 rings (SSSR count). The Labute approximate surface area is 103 Å². The number of hydrogen-bond acceptors (Lipinski definition) is 3. The van der Waals surface area contributed by atoms with Crippen LogP contribution in [0.15, 0.2) is 0 Å². The number of carbonyl (C=O) groups is 2. The zero-order valence-corrected chi connectivity index (χ0v) is 10.8. The van der Waals surface area contributed by atoms with E-state index in [1.165, 1.54) is 19.3 Å². The minimum Gasteiger partial charge on any atom is -0.481 e. The van der Waals surface area contributed by atoms with Gasteiger partial charge in [-0.1, -0.05) is 26.2 Å². The number of carboxylic acid groups (broad SMARTS) is 1. The van der Waals surface area contributed by atoms with Gasteiger partial charge in [-0.15, -0.1) is 0 Å². The molecule has 1 saturated carbocycles. The molecule has 0 heterocycles. The van der Waals surface area contributed by atoms with Crippen molar-refractivity contribution in [3.8, 4) is 0 Å². The number of Topliss-reactive ketones (excluding diaryl/α,β-unsaturated/α-hetero) is 1. The molecule has 4 heteroatoms. The molecule has 0 aromatic carbocycles. The van der Waals surface area contributed by atoms with Crippen LogP contribution in [0.1, 0.15) is 46.0 Å². The molecule has 1 N–H and O–H groups in total. The van der Waals surface area contributed by atoms with Crippen LogP contribution in [0.5, 0.6) is 0 Å². The number of nitrogens with zero attached hydrogens (tertiary/aromatic N) is 1. The molecule has 98 valence electrons. The number of carboxylic acids is 1. The van der Waals surface area contributed by atoms with Gasteiger partial charge in [-0.05, 0) is 19.8 Å². The Morgan fingerprint density at radius 3 is 2.35 bits per heavy atom. The minimum absolute atomic E-state index is 0.119. The third kappa shape index (κ3) is 4.86. The fraction of sp³-hybridized carbons (Fsp3) is 0.846. The normalized spacial score (nSPS) is 19.2. The summed E-state index contributed by atoms with van der Waals surface area (Å²) in [6.45, 7) is 4.15. The van der Waals surface area contributed by atoms with Crippen molar-refractivity contribution in [1.82, 2.24) is 4.90 Å². The highest BCUT2D eigenvalue weighted by Gasteiger charge is 2.25. The second kappa shape index (κ2) is 6.74. The molecule has 1 atom stereocenters. The summed E-state index contributed by atoms with van der Waals surface area (Å²) in [5, 5.41) is 8.95. The van der Waals surface area contributed by atoms with E-state index < -0.39 is 11.9 Å². The predicted molar refractivity (Wildman–Crippen MR) is 65.9 cm³/mol. The molecule has 1 unspecified atom stereocenters. The lowest BCUT2D eigenvalue weighted by Crippen LogP contribution is -2.43. The lowest BCUT2D eigenvalue weighted by Gasteiger charge is -2.34. The van der Waals surface area contributed by atoms with Gasteiger partial charge in [0.2, 0.25) is 0 Å². The molecule has 0 aromatic rings. The van der Waals surface area contributed by atoms with Crippen molar-refractivity contribution in [2.75, 3.05) is 13.1 Å². The molecular weight excluding hydrogens is 218 g/mol. The summed E-state index contributed by atoms with van der Waals surface area (Å²) in [5.74, 6) is -1.07. The van der Waals surface area contributed by atoms with E-state index in [9.17, 15) is 9.59 Å². The molecule has 0 bridgehead atoms. The molecule has 0 amide bonds. The van der Waals surface area contributed by atoms with E-state index in [-0.39, 0.29) is 5.78 Å². The van der Waals surface area contributed by atoms with Crippen molar-refractivity contribution in [3.05, 3.63) is 0 Å². The lowest BCUT2D eigenvalue weighted by molar-refractivity contribution is -0.142. The van der Waals surface area contributed by atoms with E-state index >= 15 is 0 Å². The van der Waals surface area contributed by atoms with Crippen LogP contribution < -0.4 is 0 Å². The first-order chi connectivity index (χ1) is 8.00. The second-order valence-corrected chi connectivity index (χ2v) is 5.16. The van der Waals surface area contributed by atoms with Crippen LogP contribution in [0.3, 0.4) is 0 Å². The van der Waals surface area contributed by atoms with Gasteiger partial charge in [0.25, 0.3) is 0 Å². The first kappa shape index (κ1) is 14.2. The van der Waals surface area contributed by atoms with E-state index in [1.807, 2.05) is 0 Å². The first-order valence-electron chi connectivity index (χ1n) is 6.47. The smallest absolute Gasteiger partial charge is 0.307 e. The van der Waals surface area contributed by atoms with Crippen molar-refractivity contribution in [3.63, 3.8) is 0 Å². The van der Waals surface area contributed by atoms with Crippen molar-refractivity contribution >= 4 is 11.8 Å². The summed E-state index contributed by atoms with van der Waals surface area (Å²) < 4.78 is 0. The Hall–Kier alpha value is -0.900. The second-order valence-electron chi connectivity index (χ2n) is 5.16. The van der Waals surface area contributed by atoms with E-state index in [0.717, 1.165) is 12.8 Å². The molecule has 1 aliphatic carbocycles. The zero-order chi connectivity index (χ0) is 12.8. The van der Waals surface area contributed by atoms with Crippen molar-refractivity contribution in [2.45, 2.75) is 52.0 Å². The summed E-state index contributed by atoms with van der Waals surface area (Å²) in [5.41, 5.74) is 0. The summed E-state index contributed by atoms with van der Waals surface area (Å²) in [6, 6.07) is 0.398. The number of aliphatic carboxylic acids is 1. The van der Waals surface area contributed by atoms with Crippen LogP contribution in [0, 0.1) is 5.92 Å². The Bertz CT molecular complexity index is 272. The molecule has 4 nitrogen and oxygen atoms in total. The average Bonchev–Trinajstić information content (AvgIpc) is 2.28. The quantitative estimate of drug-likeness (QED) is 0.772. The fourth-order valence-electron chi connectivity index (χ4n) is 2.50. The largest absolute Gasteiger partial charge is 0.481 e. The van der Waals surface area contributed by atoms with Gasteiger partial charge in [0.05, 0.1) is 12.5 Å². The predicted octanol–water partition coefficient (Wildman–Crippen LogP) is 1.93. The van der Waals surface area contributed by atoms with Crippen LogP contribution in [-0.2, 0) is 9.59 Å². The fourth-order valence-corrected chi connectivity index (χ4v) is 2.50. The Balaban J connectivity index is 2.58. The van der Waals surface area contributed by atoms with Gasteiger partial charge in [0, 0.05) is 12.6 Å². The lowest BCUT2D eigenvalue weighted by atomic mass is 9.93. The molecule has 1 aliphatic rings. The van der Waals surface area contributed by atoms with Crippen LogP contribution in [0.2, 0.25) is 0 Å². The van der Waals surface area contributed by atoms with Crippen molar-refractivity contribution in [2.24, 2.45) is 5.92 Å². The highest BCUT2D eigenvalue weighted by molar-refractivity contribution is 5.77. The summed E-state index contributed by atoms with van der Waals surface area (Å²) in [7, 11) is 0. The molecule has 0 spiro atoms. The van der Waals surface area contributed by atoms with E-state index in [0.29, 0.717) is 19.1 Å². The van der Waals surface area contributed by atoms with Gasteiger partial charge in [-0.3, -0.25) is 14.5 Å². The number of hydrogen-bond donors (Lipinski definition) is 1. The molecule has 0 aliphatic heterocycles. The summed E-state index contributed by atoms with van der Waals surface area (Å²) in [4.78, 5) is 24.2.